The first-order valence-corrected chi connectivity index (χ1v) is 10.1. The van der Waals surface area contributed by atoms with Crippen molar-refractivity contribution < 1.29 is 14.2 Å². The second-order valence-electron chi connectivity index (χ2n) is 6.74. The summed E-state index contributed by atoms with van der Waals surface area (Å²) < 4.78 is 16.6. The Hall–Kier alpha value is -1.80. The molecule has 1 saturated heterocycles. The van der Waals surface area contributed by atoms with E-state index in [1.807, 2.05) is 6.92 Å². The number of halogens is 2. The predicted molar refractivity (Wildman–Crippen MR) is 109 cm³/mol. The molecule has 7 nitrogen and oxygen atoms in total. The van der Waals surface area contributed by atoms with E-state index in [0.717, 1.165) is 37.3 Å². The van der Waals surface area contributed by atoms with Gasteiger partial charge in [-0.25, -0.2) is 9.97 Å². The predicted octanol–water partition coefficient (Wildman–Crippen LogP) is 4.71. The van der Waals surface area contributed by atoms with Gasteiger partial charge < -0.3 is 24.8 Å². The van der Waals surface area contributed by atoms with Crippen molar-refractivity contribution >= 4 is 34.7 Å². The lowest BCUT2D eigenvalue weighted by atomic mass is 10.2. The number of anilines is 2. The molecule has 1 aromatic carbocycles. The van der Waals surface area contributed by atoms with Crippen molar-refractivity contribution in [1.29, 1.82) is 0 Å². The molecule has 1 aliphatic heterocycles. The molecule has 4 rings (SSSR count). The summed E-state index contributed by atoms with van der Waals surface area (Å²) in [5, 5.41) is 7.40. The van der Waals surface area contributed by atoms with Gasteiger partial charge in [0.05, 0.1) is 10.0 Å². The van der Waals surface area contributed by atoms with Crippen LogP contribution in [0.15, 0.2) is 24.5 Å². The minimum atomic E-state index is -0.0677. The van der Waals surface area contributed by atoms with Crippen LogP contribution in [0.3, 0.4) is 0 Å². The Morgan fingerprint density at radius 3 is 2.68 bits per heavy atom. The fourth-order valence-corrected chi connectivity index (χ4v) is 3.34. The Kier molecular flexibility index (Phi) is 6.06. The van der Waals surface area contributed by atoms with Crippen LogP contribution in [0.2, 0.25) is 10.0 Å². The number of rotatable bonds is 10. The summed E-state index contributed by atoms with van der Waals surface area (Å²) >= 11 is 12.8. The van der Waals surface area contributed by atoms with Crippen LogP contribution in [0.1, 0.15) is 26.2 Å². The first kappa shape index (κ1) is 19.5. The van der Waals surface area contributed by atoms with Crippen molar-refractivity contribution in [3.8, 4) is 11.6 Å². The molecular weight excluding hydrogens is 403 g/mol. The zero-order chi connectivity index (χ0) is 19.5. The van der Waals surface area contributed by atoms with E-state index >= 15 is 0 Å². The monoisotopic (exact) mass is 424 g/mol. The maximum atomic E-state index is 6.38. The molecule has 9 heteroatoms. The molecule has 2 heterocycles. The number of nitrogens with one attached hydrogen (secondary N) is 2. The average molecular weight is 425 g/mol. The lowest BCUT2D eigenvalue weighted by Gasteiger charge is -2.12. The number of hydrogen-bond acceptors (Lipinski definition) is 7. The van der Waals surface area contributed by atoms with Crippen LogP contribution < -0.4 is 15.4 Å². The van der Waals surface area contributed by atoms with Gasteiger partial charge in [-0.05, 0) is 38.3 Å². The van der Waals surface area contributed by atoms with Gasteiger partial charge in [0.25, 0.3) is 0 Å². The SMILES string of the molecule is CCOC1OC1CCNc1cc(Cl)c(Oc2cc(NC3CC3)ncn2)c(Cl)c1. The average Bonchev–Trinajstić information content (AvgIpc) is 3.58. The van der Waals surface area contributed by atoms with Crippen molar-refractivity contribution in [3.05, 3.63) is 34.6 Å². The van der Waals surface area contributed by atoms with E-state index in [0.29, 0.717) is 34.3 Å². The largest absolute Gasteiger partial charge is 0.436 e. The number of aromatic nitrogens is 2. The van der Waals surface area contributed by atoms with E-state index in [-0.39, 0.29) is 12.4 Å². The Bertz CT molecular complexity index is 812. The van der Waals surface area contributed by atoms with E-state index in [1.165, 1.54) is 6.33 Å². The molecule has 0 spiro atoms. The van der Waals surface area contributed by atoms with Crippen LogP contribution in [0.4, 0.5) is 11.5 Å². The zero-order valence-electron chi connectivity index (χ0n) is 15.5. The second-order valence-corrected chi connectivity index (χ2v) is 7.56. The van der Waals surface area contributed by atoms with Gasteiger partial charge in [0, 0.05) is 30.9 Å². The molecule has 0 amide bonds. The summed E-state index contributed by atoms with van der Waals surface area (Å²) in [5.41, 5.74) is 0.815. The van der Waals surface area contributed by atoms with Gasteiger partial charge in [0.1, 0.15) is 18.2 Å². The van der Waals surface area contributed by atoms with Crippen LogP contribution in [0.5, 0.6) is 11.6 Å². The molecule has 1 aliphatic carbocycles. The highest BCUT2D eigenvalue weighted by Crippen LogP contribution is 2.39. The minimum absolute atomic E-state index is 0.0677. The highest BCUT2D eigenvalue weighted by molar-refractivity contribution is 6.37. The van der Waals surface area contributed by atoms with Gasteiger partial charge >= 0.3 is 0 Å². The number of nitrogens with zero attached hydrogens (tertiary/aromatic N) is 2. The lowest BCUT2D eigenvalue weighted by Crippen LogP contribution is -2.08. The second kappa shape index (κ2) is 8.69. The van der Waals surface area contributed by atoms with Crippen molar-refractivity contribution in [1.82, 2.24) is 9.97 Å². The van der Waals surface area contributed by atoms with Crippen molar-refractivity contribution in [2.75, 3.05) is 23.8 Å². The Labute approximate surface area is 173 Å². The van der Waals surface area contributed by atoms with Gasteiger partial charge in [0.15, 0.2) is 12.0 Å². The number of ether oxygens (including phenoxy) is 3. The molecule has 1 aromatic heterocycles. The molecule has 2 N–H and O–H groups in total. The molecular formula is C19H22Cl2N4O3. The summed E-state index contributed by atoms with van der Waals surface area (Å²) in [5.74, 6) is 1.48. The lowest BCUT2D eigenvalue weighted by molar-refractivity contribution is 0.0593. The van der Waals surface area contributed by atoms with E-state index in [4.69, 9.17) is 37.4 Å². The van der Waals surface area contributed by atoms with Crippen molar-refractivity contribution in [2.45, 2.75) is 44.6 Å². The molecule has 2 atom stereocenters. The van der Waals surface area contributed by atoms with Crippen LogP contribution in [-0.2, 0) is 9.47 Å². The van der Waals surface area contributed by atoms with E-state index in [2.05, 4.69) is 20.6 Å². The number of hydrogen-bond donors (Lipinski definition) is 2. The summed E-state index contributed by atoms with van der Waals surface area (Å²) in [4.78, 5) is 8.33. The molecule has 2 unspecified atom stereocenters. The minimum Gasteiger partial charge on any atom is -0.436 e. The van der Waals surface area contributed by atoms with Gasteiger partial charge in [-0.3, -0.25) is 0 Å². The Morgan fingerprint density at radius 2 is 1.96 bits per heavy atom. The topological polar surface area (TPSA) is 80.8 Å². The van der Waals surface area contributed by atoms with Crippen LogP contribution >= 0.6 is 23.2 Å². The molecule has 150 valence electrons. The highest BCUT2D eigenvalue weighted by atomic mass is 35.5. The Balaban J connectivity index is 1.34. The summed E-state index contributed by atoms with van der Waals surface area (Å²) in [7, 11) is 0. The quantitative estimate of drug-likeness (QED) is 0.534. The smallest absolute Gasteiger partial charge is 0.224 e. The molecule has 28 heavy (non-hydrogen) atoms. The van der Waals surface area contributed by atoms with Crippen LogP contribution in [0.25, 0.3) is 0 Å². The number of epoxide rings is 1. The molecule has 1 saturated carbocycles. The van der Waals surface area contributed by atoms with Crippen LogP contribution in [0, 0.1) is 0 Å². The third-order valence-electron chi connectivity index (χ3n) is 4.40. The van der Waals surface area contributed by atoms with E-state index in [9.17, 15) is 0 Å². The molecule has 0 bridgehead atoms. The molecule has 0 radical (unpaired) electrons. The summed E-state index contributed by atoms with van der Waals surface area (Å²) in [6.45, 7) is 3.34. The summed E-state index contributed by atoms with van der Waals surface area (Å²) in [6, 6.07) is 5.79. The van der Waals surface area contributed by atoms with Gasteiger partial charge in [-0.1, -0.05) is 23.2 Å². The van der Waals surface area contributed by atoms with Gasteiger partial charge in [0.2, 0.25) is 5.88 Å². The normalized spacial score (nSPS) is 20.7. The third-order valence-corrected chi connectivity index (χ3v) is 4.96. The first-order valence-electron chi connectivity index (χ1n) is 9.39. The summed E-state index contributed by atoms with van der Waals surface area (Å²) in [6.07, 6.45) is 4.69. The van der Waals surface area contributed by atoms with Gasteiger partial charge in [-0.15, -0.1) is 0 Å². The first-order chi connectivity index (χ1) is 13.6. The van der Waals surface area contributed by atoms with E-state index < -0.39 is 0 Å². The number of benzene rings is 1. The molecule has 2 aromatic rings. The Morgan fingerprint density at radius 1 is 1.18 bits per heavy atom. The molecule has 2 aliphatic rings. The van der Waals surface area contributed by atoms with Crippen molar-refractivity contribution in [3.63, 3.8) is 0 Å². The molecule has 2 fully saturated rings. The fourth-order valence-electron chi connectivity index (χ4n) is 2.78. The van der Waals surface area contributed by atoms with Crippen LogP contribution in [-0.4, -0.2) is 41.6 Å². The maximum Gasteiger partial charge on any atom is 0.224 e. The fraction of sp³-hybridized carbons (Fsp3) is 0.474. The van der Waals surface area contributed by atoms with Gasteiger partial charge in [-0.2, -0.15) is 0 Å². The third kappa shape index (κ3) is 5.17. The zero-order valence-corrected chi connectivity index (χ0v) is 17.0. The standard InChI is InChI=1S/C19H22Cl2N4O3/c1-2-26-19-15(27-19)5-6-22-12-7-13(20)18(14(21)8-12)28-17-9-16(23-10-24-17)25-11-3-4-11/h7-11,15,19,22H,2-6H2,1H3,(H,23,24,25). The highest BCUT2D eigenvalue weighted by Gasteiger charge is 2.38. The van der Waals surface area contributed by atoms with E-state index in [1.54, 1.807) is 18.2 Å². The maximum absolute atomic E-state index is 6.38. The van der Waals surface area contributed by atoms with Crippen molar-refractivity contribution in [2.24, 2.45) is 0 Å².